The molecule has 0 aliphatic heterocycles. The van der Waals surface area contributed by atoms with E-state index in [4.69, 9.17) is 5.26 Å². The summed E-state index contributed by atoms with van der Waals surface area (Å²) in [6.07, 6.45) is 0. The van der Waals surface area contributed by atoms with E-state index >= 15 is 0 Å². The van der Waals surface area contributed by atoms with Crippen molar-refractivity contribution in [1.82, 2.24) is 4.98 Å². The van der Waals surface area contributed by atoms with E-state index in [1.54, 1.807) is 6.07 Å². The van der Waals surface area contributed by atoms with Crippen molar-refractivity contribution >= 4 is 11.5 Å². The van der Waals surface area contributed by atoms with Crippen LogP contribution in [0, 0.1) is 11.3 Å². The molecule has 0 bridgehead atoms. The Morgan fingerprint density at radius 1 is 0.762 bits per heavy atom. The van der Waals surface area contributed by atoms with Crippen molar-refractivity contribution in [1.29, 1.82) is 5.26 Å². The van der Waals surface area contributed by atoms with Crippen LogP contribution in [0.3, 0.4) is 0 Å². The summed E-state index contributed by atoms with van der Waals surface area (Å²) < 4.78 is 0. The molecule has 0 unspecified atom stereocenters. The Bertz CT molecular complexity index is 772. The van der Waals surface area contributed by atoms with Crippen LogP contribution in [0.2, 0.25) is 0 Å². The molecule has 0 radical (unpaired) electrons. The number of anilines is 2. The fraction of sp³-hybridized carbons (Fsp3) is 0. The topological polar surface area (TPSA) is 48.7 Å². The van der Waals surface area contributed by atoms with E-state index in [1.807, 2.05) is 48.5 Å². The standard InChI is InChI=1S/C18H13N3/c19-13-17-7-4-8-18(21-17)20-16-11-9-15(10-12-16)14-5-2-1-3-6-14/h1-12H,(H,20,21). The minimum atomic E-state index is 0.404. The van der Waals surface area contributed by atoms with E-state index in [-0.39, 0.29) is 0 Å². The van der Waals surface area contributed by atoms with Crippen molar-refractivity contribution in [3.8, 4) is 17.2 Å². The molecule has 0 amide bonds. The zero-order valence-electron chi connectivity index (χ0n) is 11.3. The van der Waals surface area contributed by atoms with Crippen LogP contribution >= 0.6 is 0 Å². The molecule has 0 spiro atoms. The number of aromatic nitrogens is 1. The molecule has 100 valence electrons. The predicted octanol–water partition coefficient (Wildman–Crippen LogP) is 4.36. The summed E-state index contributed by atoms with van der Waals surface area (Å²) in [5, 5.41) is 12.0. The first kappa shape index (κ1) is 12.9. The van der Waals surface area contributed by atoms with Gasteiger partial charge in [0.2, 0.25) is 0 Å². The van der Waals surface area contributed by atoms with Gasteiger partial charge in [0.15, 0.2) is 0 Å². The maximum Gasteiger partial charge on any atom is 0.142 e. The smallest absolute Gasteiger partial charge is 0.142 e. The molecule has 1 heterocycles. The van der Waals surface area contributed by atoms with Gasteiger partial charge in [0, 0.05) is 5.69 Å². The minimum Gasteiger partial charge on any atom is -0.340 e. The molecule has 21 heavy (non-hydrogen) atoms. The zero-order chi connectivity index (χ0) is 14.5. The second-order valence-electron chi connectivity index (χ2n) is 4.59. The predicted molar refractivity (Wildman–Crippen MR) is 84.1 cm³/mol. The van der Waals surface area contributed by atoms with E-state index < -0.39 is 0 Å². The Balaban J connectivity index is 1.80. The third kappa shape index (κ3) is 3.07. The number of benzene rings is 2. The highest BCUT2D eigenvalue weighted by Gasteiger charge is 2.00. The van der Waals surface area contributed by atoms with Crippen LogP contribution in [-0.4, -0.2) is 4.98 Å². The van der Waals surface area contributed by atoms with Gasteiger partial charge in [-0.3, -0.25) is 0 Å². The number of nitrogens with zero attached hydrogens (tertiary/aromatic N) is 2. The fourth-order valence-electron chi connectivity index (χ4n) is 2.09. The summed E-state index contributed by atoms with van der Waals surface area (Å²) in [6.45, 7) is 0. The first-order valence-electron chi connectivity index (χ1n) is 6.65. The van der Waals surface area contributed by atoms with Crippen molar-refractivity contribution < 1.29 is 0 Å². The molecule has 0 saturated heterocycles. The average Bonchev–Trinajstić information content (AvgIpc) is 2.56. The maximum atomic E-state index is 8.85. The lowest BCUT2D eigenvalue weighted by atomic mass is 10.1. The Hall–Kier alpha value is -3.12. The molecule has 3 nitrogen and oxygen atoms in total. The molecule has 1 aromatic heterocycles. The lowest BCUT2D eigenvalue weighted by molar-refractivity contribution is 1.25. The van der Waals surface area contributed by atoms with Gasteiger partial charge in [-0.25, -0.2) is 4.98 Å². The van der Waals surface area contributed by atoms with Gasteiger partial charge in [-0.2, -0.15) is 5.26 Å². The number of rotatable bonds is 3. The molecule has 3 heteroatoms. The van der Waals surface area contributed by atoms with E-state index in [0.29, 0.717) is 11.5 Å². The van der Waals surface area contributed by atoms with Crippen molar-refractivity contribution in [3.63, 3.8) is 0 Å². The van der Waals surface area contributed by atoms with E-state index in [2.05, 4.69) is 34.6 Å². The number of hydrogen-bond acceptors (Lipinski definition) is 3. The van der Waals surface area contributed by atoms with Crippen LogP contribution in [0.1, 0.15) is 5.69 Å². The summed E-state index contributed by atoms with van der Waals surface area (Å²) in [6, 6.07) is 25.7. The normalized spacial score (nSPS) is 9.86. The highest BCUT2D eigenvalue weighted by molar-refractivity contribution is 5.67. The molecule has 3 rings (SSSR count). The van der Waals surface area contributed by atoms with Crippen molar-refractivity contribution in [3.05, 3.63) is 78.5 Å². The summed E-state index contributed by atoms with van der Waals surface area (Å²) >= 11 is 0. The van der Waals surface area contributed by atoms with Gasteiger partial charge < -0.3 is 5.32 Å². The van der Waals surface area contributed by atoms with Gasteiger partial charge in [-0.15, -0.1) is 0 Å². The van der Waals surface area contributed by atoms with Gasteiger partial charge in [-0.05, 0) is 35.4 Å². The highest BCUT2D eigenvalue weighted by atomic mass is 15.0. The maximum absolute atomic E-state index is 8.85. The summed E-state index contributed by atoms with van der Waals surface area (Å²) in [5.41, 5.74) is 3.70. The Kier molecular flexibility index (Phi) is 3.62. The zero-order valence-corrected chi connectivity index (χ0v) is 11.3. The highest BCUT2D eigenvalue weighted by Crippen LogP contribution is 2.22. The van der Waals surface area contributed by atoms with Gasteiger partial charge in [0.25, 0.3) is 0 Å². The largest absolute Gasteiger partial charge is 0.340 e. The molecule has 0 aliphatic carbocycles. The van der Waals surface area contributed by atoms with E-state index in [1.165, 1.54) is 11.1 Å². The summed E-state index contributed by atoms with van der Waals surface area (Å²) in [4.78, 5) is 4.19. The fourth-order valence-corrected chi connectivity index (χ4v) is 2.09. The molecule has 2 aromatic carbocycles. The van der Waals surface area contributed by atoms with Crippen LogP contribution < -0.4 is 5.32 Å². The first-order valence-corrected chi connectivity index (χ1v) is 6.65. The third-order valence-electron chi connectivity index (χ3n) is 3.13. The number of nitriles is 1. The van der Waals surface area contributed by atoms with Crippen molar-refractivity contribution in [2.45, 2.75) is 0 Å². The lowest BCUT2D eigenvalue weighted by Crippen LogP contribution is -1.94. The average molecular weight is 271 g/mol. The molecular formula is C18H13N3. The molecule has 1 N–H and O–H groups in total. The molecule has 0 saturated carbocycles. The Morgan fingerprint density at radius 2 is 1.48 bits per heavy atom. The lowest BCUT2D eigenvalue weighted by Gasteiger charge is -2.07. The Labute approximate surface area is 123 Å². The first-order chi connectivity index (χ1) is 10.3. The van der Waals surface area contributed by atoms with E-state index in [0.717, 1.165) is 5.69 Å². The molecule has 0 fully saturated rings. The summed E-state index contributed by atoms with van der Waals surface area (Å²) in [7, 11) is 0. The second kappa shape index (κ2) is 5.89. The van der Waals surface area contributed by atoms with Gasteiger partial charge in [-0.1, -0.05) is 48.5 Å². The monoisotopic (exact) mass is 271 g/mol. The number of pyridine rings is 1. The third-order valence-corrected chi connectivity index (χ3v) is 3.13. The van der Waals surface area contributed by atoms with Crippen molar-refractivity contribution in [2.24, 2.45) is 0 Å². The minimum absolute atomic E-state index is 0.404. The molecule has 3 aromatic rings. The van der Waals surface area contributed by atoms with Crippen molar-refractivity contribution in [2.75, 3.05) is 5.32 Å². The quantitative estimate of drug-likeness (QED) is 0.769. The number of nitrogens with one attached hydrogen (secondary N) is 1. The summed E-state index contributed by atoms with van der Waals surface area (Å²) in [5.74, 6) is 0.668. The van der Waals surface area contributed by atoms with E-state index in [9.17, 15) is 0 Å². The van der Waals surface area contributed by atoms with Crippen LogP contribution in [0.25, 0.3) is 11.1 Å². The Morgan fingerprint density at radius 3 is 2.19 bits per heavy atom. The van der Waals surface area contributed by atoms with Crippen LogP contribution in [0.4, 0.5) is 11.5 Å². The van der Waals surface area contributed by atoms with Gasteiger partial charge in [0.05, 0.1) is 0 Å². The number of hydrogen-bond donors (Lipinski definition) is 1. The van der Waals surface area contributed by atoms with Crippen LogP contribution in [0.5, 0.6) is 0 Å². The SMILES string of the molecule is N#Cc1cccc(Nc2ccc(-c3ccccc3)cc2)n1. The van der Waals surface area contributed by atoms with Crippen LogP contribution in [0.15, 0.2) is 72.8 Å². The van der Waals surface area contributed by atoms with Crippen LogP contribution in [-0.2, 0) is 0 Å². The molecular weight excluding hydrogens is 258 g/mol. The van der Waals surface area contributed by atoms with Gasteiger partial charge >= 0.3 is 0 Å². The van der Waals surface area contributed by atoms with Gasteiger partial charge in [0.1, 0.15) is 17.6 Å². The molecule has 0 atom stereocenters. The second-order valence-corrected chi connectivity index (χ2v) is 4.59. The molecule has 0 aliphatic rings.